The number of amides is 1. The van der Waals surface area contributed by atoms with E-state index in [0.29, 0.717) is 25.9 Å². The van der Waals surface area contributed by atoms with Crippen LogP contribution in [0, 0.1) is 23.2 Å². The summed E-state index contributed by atoms with van der Waals surface area (Å²) in [5.74, 6) is 0.303. The van der Waals surface area contributed by atoms with Gasteiger partial charge >= 0.3 is 0 Å². The standard InChI is InChI=1S/C28H35N7O/c1-3-26(33-12-14-34(15-13-33)28(36)23-16-21(17-23)19-29)27-18-24(20-35(27)30-2)22-4-6-25(7-5-22)32-10-8-31-9-11-32/h3-7,18,20-21,23,31H,2,8-17H2,1H3/b26-3+. The van der Waals surface area contributed by atoms with Crippen LogP contribution < -0.4 is 10.2 Å². The normalized spacial score (nSPS) is 22.7. The molecule has 8 heteroatoms. The monoisotopic (exact) mass is 485 g/mol. The van der Waals surface area contributed by atoms with Gasteiger partial charge in [0.25, 0.3) is 0 Å². The number of anilines is 1. The van der Waals surface area contributed by atoms with Crippen LogP contribution >= 0.6 is 0 Å². The molecule has 5 rings (SSSR count). The number of nitrogens with one attached hydrogen (secondary N) is 1. The van der Waals surface area contributed by atoms with Crippen LogP contribution in [0.15, 0.2) is 47.7 Å². The second kappa shape index (κ2) is 10.6. The highest BCUT2D eigenvalue weighted by molar-refractivity contribution is 5.80. The summed E-state index contributed by atoms with van der Waals surface area (Å²) in [5, 5.41) is 16.7. The zero-order valence-corrected chi connectivity index (χ0v) is 21.1. The Bertz CT molecular complexity index is 1160. The van der Waals surface area contributed by atoms with E-state index in [2.05, 4.69) is 69.4 Å². The summed E-state index contributed by atoms with van der Waals surface area (Å²) in [5.41, 5.74) is 5.62. The lowest BCUT2D eigenvalue weighted by Crippen LogP contribution is -2.51. The van der Waals surface area contributed by atoms with Crippen LogP contribution in [0.3, 0.4) is 0 Å². The summed E-state index contributed by atoms with van der Waals surface area (Å²) in [7, 11) is 0. The van der Waals surface area contributed by atoms with Gasteiger partial charge in [-0.05, 0) is 43.5 Å². The summed E-state index contributed by atoms with van der Waals surface area (Å²) in [6, 6.07) is 13.2. The van der Waals surface area contributed by atoms with Crippen LogP contribution in [0.25, 0.3) is 16.8 Å². The number of allylic oxidation sites excluding steroid dienone is 1. The van der Waals surface area contributed by atoms with Gasteiger partial charge in [0.2, 0.25) is 5.91 Å². The SMILES string of the molecule is C=Nn1cc(-c2ccc(N3CCNCC3)cc2)cc1/C(=C\C)N1CCN(C(=O)C2CC(C#N)C2)CC1. The number of benzene rings is 1. The third kappa shape index (κ3) is 4.76. The highest BCUT2D eigenvalue weighted by atomic mass is 16.2. The number of piperazine rings is 2. The highest BCUT2D eigenvalue weighted by Gasteiger charge is 2.37. The molecule has 3 fully saturated rings. The predicted octanol–water partition coefficient (Wildman–Crippen LogP) is 3.08. The van der Waals surface area contributed by atoms with Gasteiger partial charge in [-0.3, -0.25) is 4.79 Å². The van der Waals surface area contributed by atoms with Crippen LogP contribution in [0.4, 0.5) is 5.69 Å². The summed E-state index contributed by atoms with van der Waals surface area (Å²) in [4.78, 5) is 19.5. The third-order valence-corrected chi connectivity index (χ3v) is 7.77. The van der Waals surface area contributed by atoms with Gasteiger partial charge in [0.15, 0.2) is 0 Å². The molecule has 0 spiro atoms. The topological polar surface area (TPSA) is 79.9 Å². The molecule has 1 amide bonds. The van der Waals surface area contributed by atoms with E-state index in [-0.39, 0.29) is 17.7 Å². The Kier molecular flexibility index (Phi) is 7.10. The number of rotatable bonds is 6. The molecule has 1 aromatic heterocycles. The van der Waals surface area contributed by atoms with Crippen LogP contribution in [0.2, 0.25) is 0 Å². The van der Waals surface area contributed by atoms with E-state index in [1.54, 1.807) is 0 Å². The Hall–Kier alpha value is -3.57. The average Bonchev–Trinajstić information content (AvgIpc) is 3.33. The van der Waals surface area contributed by atoms with Crippen molar-refractivity contribution in [2.24, 2.45) is 16.9 Å². The quantitative estimate of drug-likeness (QED) is 0.636. The first-order chi connectivity index (χ1) is 17.6. The molecular formula is C28H35N7O. The molecular weight excluding hydrogens is 450 g/mol. The van der Waals surface area contributed by atoms with Crippen molar-refractivity contribution in [3.05, 3.63) is 48.3 Å². The number of carbonyl (C=O) groups excluding carboxylic acids is 1. The number of nitriles is 1. The average molecular weight is 486 g/mol. The molecule has 0 atom stereocenters. The van der Waals surface area contributed by atoms with E-state index in [0.717, 1.165) is 61.8 Å². The van der Waals surface area contributed by atoms with Crippen LogP contribution in [0.1, 0.15) is 25.5 Å². The maximum Gasteiger partial charge on any atom is 0.225 e. The lowest BCUT2D eigenvalue weighted by atomic mass is 9.75. The van der Waals surface area contributed by atoms with Crippen molar-refractivity contribution >= 4 is 24.0 Å². The molecule has 1 aliphatic carbocycles. The molecule has 1 aromatic carbocycles. The zero-order chi connectivity index (χ0) is 25.1. The predicted molar refractivity (Wildman–Crippen MR) is 144 cm³/mol. The molecule has 8 nitrogen and oxygen atoms in total. The second-order valence-electron chi connectivity index (χ2n) is 9.86. The fourth-order valence-corrected chi connectivity index (χ4v) is 5.55. The summed E-state index contributed by atoms with van der Waals surface area (Å²) in [6.07, 6.45) is 5.59. The molecule has 2 aromatic rings. The Morgan fingerprint density at radius 1 is 1.06 bits per heavy atom. The van der Waals surface area contributed by atoms with Crippen LogP contribution in [-0.4, -0.2) is 79.5 Å². The van der Waals surface area contributed by atoms with Crippen molar-refractivity contribution in [2.75, 3.05) is 57.3 Å². The largest absolute Gasteiger partial charge is 0.369 e. The fourth-order valence-electron chi connectivity index (χ4n) is 5.55. The lowest BCUT2D eigenvalue weighted by molar-refractivity contribution is -0.140. The molecule has 188 valence electrons. The number of hydrogen-bond donors (Lipinski definition) is 1. The van der Waals surface area contributed by atoms with Gasteiger partial charge in [0.05, 0.1) is 17.5 Å². The summed E-state index contributed by atoms with van der Waals surface area (Å²) in [6.45, 7) is 12.9. The maximum absolute atomic E-state index is 12.8. The van der Waals surface area contributed by atoms with Crippen molar-refractivity contribution in [2.45, 2.75) is 19.8 Å². The first-order valence-electron chi connectivity index (χ1n) is 13.0. The van der Waals surface area contributed by atoms with E-state index in [1.807, 2.05) is 22.7 Å². The molecule has 1 N–H and O–H groups in total. The first kappa shape index (κ1) is 24.1. The molecule has 0 bridgehead atoms. The van der Waals surface area contributed by atoms with Gasteiger partial charge in [-0.25, -0.2) is 4.68 Å². The molecule has 0 unspecified atom stereocenters. The lowest BCUT2D eigenvalue weighted by Gasteiger charge is -2.40. The molecule has 0 radical (unpaired) electrons. The van der Waals surface area contributed by atoms with E-state index in [4.69, 9.17) is 5.26 Å². The maximum atomic E-state index is 12.8. The Morgan fingerprint density at radius 3 is 2.33 bits per heavy atom. The Morgan fingerprint density at radius 2 is 1.72 bits per heavy atom. The van der Waals surface area contributed by atoms with E-state index in [1.165, 1.54) is 5.69 Å². The molecule has 2 aliphatic heterocycles. The smallest absolute Gasteiger partial charge is 0.225 e. The molecule has 36 heavy (non-hydrogen) atoms. The molecule has 3 aliphatic rings. The Labute approximate surface area is 213 Å². The highest BCUT2D eigenvalue weighted by Crippen LogP contribution is 2.35. The van der Waals surface area contributed by atoms with Gasteiger partial charge in [-0.2, -0.15) is 10.4 Å². The van der Waals surface area contributed by atoms with Gasteiger partial charge in [0.1, 0.15) is 0 Å². The van der Waals surface area contributed by atoms with Crippen molar-refractivity contribution in [1.29, 1.82) is 5.26 Å². The van der Waals surface area contributed by atoms with Gasteiger partial charge in [-0.1, -0.05) is 18.2 Å². The van der Waals surface area contributed by atoms with E-state index < -0.39 is 0 Å². The molecule has 1 saturated carbocycles. The number of hydrogen-bond acceptors (Lipinski definition) is 6. The number of nitrogens with zero attached hydrogens (tertiary/aromatic N) is 6. The van der Waals surface area contributed by atoms with Gasteiger partial charge < -0.3 is 20.0 Å². The second-order valence-corrected chi connectivity index (χ2v) is 9.86. The minimum atomic E-state index is 0.0325. The van der Waals surface area contributed by atoms with Crippen molar-refractivity contribution in [3.8, 4) is 17.2 Å². The van der Waals surface area contributed by atoms with Crippen molar-refractivity contribution in [3.63, 3.8) is 0 Å². The number of aromatic nitrogens is 1. The first-order valence-corrected chi connectivity index (χ1v) is 13.0. The molecule has 3 heterocycles. The van der Waals surface area contributed by atoms with Gasteiger partial charge in [-0.15, -0.1) is 0 Å². The van der Waals surface area contributed by atoms with Crippen LogP contribution in [-0.2, 0) is 4.79 Å². The molecule has 2 saturated heterocycles. The minimum absolute atomic E-state index is 0.0325. The summed E-state index contributed by atoms with van der Waals surface area (Å²) >= 11 is 0. The van der Waals surface area contributed by atoms with Crippen LogP contribution in [0.5, 0.6) is 0 Å². The number of carbonyl (C=O) groups is 1. The van der Waals surface area contributed by atoms with Gasteiger partial charge in [0, 0.05) is 88.4 Å². The summed E-state index contributed by atoms with van der Waals surface area (Å²) < 4.78 is 1.85. The van der Waals surface area contributed by atoms with E-state index in [9.17, 15) is 4.79 Å². The Balaban J connectivity index is 1.27. The minimum Gasteiger partial charge on any atom is -0.369 e. The fraction of sp³-hybridized carbons (Fsp3) is 0.464. The van der Waals surface area contributed by atoms with Crippen molar-refractivity contribution < 1.29 is 4.79 Å². The zero-order valence-electron chi connectivity index (χ0n) is 21.1. The third-order valence-electron chi connectivity index (χ3n) is 7.77. The van der Waals surface area contributed by atoms with E-state index >= 15 is 0 Å². The van der Waals surface area contributed by atoms with Crippen molar-refractivity contribution in [1.82, 2.24) is 19.8 Å².